The molecule has 0 heterocycles. The van der Waals surface area contributed by atoms with Crippen LogP contribution in [0.1, 0.15) is 40.5 Å². The van der Waals surface area contributed by atoms with Gasteiger partial charge in [-0.2, -0.15) is 5.26 Å². The Hall–Kier alpha value is -0.770. The van der Waals surface area contributed by atoms with Crippen molar-refractivity contribution in [3.63, 3.8) is 0 Å². The normalized spacial score (nSPS) is 14.6. The zero-order chi connectivity index (χ0) is 9.61. The van der Waals surface area contributed by atoms with E-state index in [9.17, 15) is 0 Å². The van der Waals surface area contributed by atoms with E-state index in [4.69, 9.17) is 5.26 Å². The maximum absolute atomic E-state index is 8.85. The summed E-state index contributed by atoms with van der Waals surface area (Å²) in [6.45, 7) is 8.19. The van der Waals surface area contributed by atoms with Crippen LogP contribution in [-0.4, -0.2) is 0 Å². The van der Waals surface area contributed by atoms with Gasteiger partial charge in [0.15, 0.2) is 0 Å². The third-order valence-corrected chi connectivity index (χ3v) is 2.52. The lowest BCUT2D eigenvalue weighted by atomic mass is 9.79. The van der Waals surface area contributed by atoms with E-state index in [2.05, 4.69) is 25.1 Å². The standard InChI is InChI=1S/C11H19N/c1-5-6-7-8-10(2)11(3,4)9-12/h5-6,10H,7-8H2,1-4H3/b6-5+. The molecule has 1 nitrogen and oxygen atoms in total. The maximum atomic E-state index is 8.85. The maximum Gasteiger partial charge on any atom is 0.0686 e. The Bertz CT molecular complexity index is 184. The van der Waals surface area contributed by atoms with Crippen LogP contribution >= 0.6 is 0 Å². The summed E-state index contributed by atoms with van der Waals surface area (Å²) < 4.78 is 0. The van der Waals surface area contributed by atoms with Crippen molar-refractivity contribution in [2.75, 3.05) is 0 Å². The first-order valence-electron chi connectivity index (χ1n) is 4.57. The van der Waals surface area contributed by atoms with Crippen LogP contribution in [0.15, 0.2) is 12.2 Å². The Morgan fingerprint density at radius 1 is 1.50 bits per heavy atom. The molecule has 0 fully saturated rings. The van der Waals surface area contributed by atoms with Gasteiger partial charge in [0.05, 0.1) is 11.5 Å². The summed E-state index contributed by atoms with van der Waals surface area (Å²) in [4.78, 5) is 0. The van der Waals surface area contributed by atoms with Gasteiger partial charge in [0.2, 0.25) is 0 Å². The highest BCUT2D eigenvalue weighted by Crippen LogP contribution is 2.28. The predicted octanol–water partition coefficient (Wildman–Crippen LogP) is 3.53. The summed E-state index contributed by atoms with van der Waals surface area (Å²) in [5, 5.41) is 8.85. The first-order valence-corrected chi connectivity index (χ1v) is 4.57. The van der Waals surface area contributed by atoms with Crippen LogP contribution in [0.5, 0.6) is 0 Å². The minimum Gasteiger partial charge on any atom is -0.198 e. The van der Waals surface area contributed by atoms with E-state index in [0.717, 1.165) is 12.8 Å². The topological polar surface area (TPSA) is 23.8 Å². The molecule has 0 aromatic heterocycles. The van der Waals surface area contributed by atoms with Crippen molar-refractivity contribution in [1.82, 2.24) is 0 Å². The van der Waals surface area contributed by atoms with Crippen molar-refractivity contribution in [2.24, 2.45) is 11.3 Å². The molecule has 1 unspecified atom stereocenters. The van der Waals surface area contributed by atoms with Crippen molar-refractivity contribution in [2.45, 2.75) is 40.5 Å². The van der Waals surface area contributed by atoms with Crippen molar-refractivity contribution >= 4 is 0 Å². The lowest BCUT2D eigenvalue weighted by Gasteiger charge is -2.23. The molecule has 0 aliphatic rings. The molecule has 0 aliphatic heterocycles. The largest absolute Gasteiger partial charge is 0.198 e. The Morgan fingerprint density at radius 3 is 2.50 bits per heavy atom. The van der Waals surface area contributed by atoms with Crippen LogP contribution < -0.4 is 0 Å². The minimum absolute atomic E-state index is 0.179. The molecule has 0 aliphatic carbocycles. The molecule has 0 amide bonds. The third-order valence-electron chi connectivity index (χ3n) is 2.52. The Kier molecular flexibility index (Phi) is 4.66. The number of rotatable bonds is 4. The minimum atomic E-state index is -0.179. The molecule has 0 saturated carbocycles. The summed E-state index contributed by atoms with van der Waals surface area (Å²) in [5.74, 6) is 0.471. The van der Waals surface area contributed by atoms with Gasteiger partial charge in [-0.05, 0) is 39.5 Å². The molecule has 0 saturated heterocycles. The van der Waals surface area contributed by atoms with Gasteiger partial charge in [-0.3, -0.25) is 0 Å². The molecule has 0 bridgehead atoms. The van der Waals surface area contributed by atoms with Crippen molar-refractivity contribution < 1.29 is 0 Å². The molecule has 0 spiro atoms. The fourth-order valence-electron chi connectivity index (χ4n) is 0.984. The summed E-state index contributed by atoms with van der Waals surface area (Å²) in [5.41, 5.74) is -0.179. The fraction of sp³-hybridized carbons (Fsp3) is 0.727. The van der Waals surface area contributed by atoms with Gasteiger partial charge in [0.1, 0.15) is 0 Å². The van der Waals surface area contributed by atoms with Crippen molar-refractivity contribution in [1.29, 1.82) is 5.26 Å². The molecule has 12 heavy (non-hydrogen) atoms. The van der Waals surface area contributed by atoms with Crippen LogP contribution in [0.2, 0.25) is 0 Å². The van der Waals surface area contributed by atoms with Crippen molar-refractivity contribution in [3.05, 3.63) is 12.2 Å². The summed E-state index contributed by atoms with van der Waals surface area (Å²) >= 11 is 0. The van der Waals surface area contributed by atoms with Gasteiger partial charge in [-0.1, -0.05) is 19.1 Å². The molecular formula is C11H19N. The fourth-order valence-corrected chi connectivity index (χ4v) is 0.984. The Morgan fingerprint density at radius 2 is 2.08 bits per heavy atom. The van der Waals surface area contributed by atoms with Gasteiger partial charge in [0, 0.05) is 0 Å². The summed E-state index contributed by atoms with van der Waals surface area (Å²) in [7, 11) is 0. The number of nitrogens with zero attached hydrogens (tertiary/aromatic N) is 1. The van der Waals surface area contributed by atoms with Crippen LogP contribution in [0.25, 0.3) is 0 Å². The Labute approximate surface area is 76.1 Å². The first-order chi connectivity index (χ1) is 5.54. The Balaban J connectivity index is 3.88. The van der Waals surface area contributed by atoms with Crippen molar-refractivity contribution in [3.8, 4) is 6.07 Å². The smallest absolute Gasteiger partial charge is 0.0686 e. The van der Waals surface area contributed by atoms with Gasteiger partial charge in [-0.15, -0.1) is 0 Å². The third kappa shape index (κ3) is 3.57. The molecule has 68 valence electrons. The van der Waals surface area contributed by atoms with Gasteiger partial charge >= 0.3 is 0 Å². The monoisotopic (exact) mass is 165 g/mol. The molecule has 0 aromatic rings. The van der Waals surface area contributed by atoms with Crippen LogP contribution in [0, 0.1) is 22.7 Å². The van der Waals surface area contributed by atoms with Crippen LogP contribution in [0.3, 0.4) is 0 Å². The number of nitriles is 1. The second kappa shape index (κ2) is 4.98. The average Bonchev–Trinajstić information content (AvgIpc) is 2.05. The van der Waals surface area contributed by atoms with E-state index in [1.165, 1.54) is 0 Å². The van der Waals surface area contributed by atoms with Crippen LogP contribution in [0.4, 0.5) is 0 Å². The van der Waals surface area contributed by atoms with E-state index < -0.39 is 0 Å². The van der Waals surface area contributed by atoms with Crippen LogP contribution in [-0.2, 0) is 0 Å². The van der Waals surface area contributed by atoms with Gasteiger partial charge < -0.3 is 0 Å². The second-order valence-electron chi connectivity index (χ2n) is 3.88. The lowest BCUT2D eigenvalue weighted by molar-refractivity contribution is 0.302. The zero-order valence-corrected chi connectivity index (χ0v) is 8.59. The summed E-state index contributed by atoms with van der Waals surface area (Å²) in [6, 6.07) is 2.34. The van der Waals surface area contributed by atoms with E-state index in [0.29, 0.717) is 5.92 Å². The highest BCUT2D eigenvalue weighted by atomic mass is 14.4. The molecule has 1 atom stereocenters. The second-order valence-corrected chi connectivity index (χ2v) is 3.88. The van der Waals surface area contributed by atoms with E-state index >= 15 is 0 Å². The van der Waals surface area contributed by atoms with E-state index in [-0.39, 0.29) is 5.41 Å². The zero-order valence-electron chi connectivity index (χ0n) is 8.59. The first kappa shape index (κ1) is 11.2. The predicted molar refractivity (Wildman–Crippen MR) is 52.6 cm³/mol. The molecule has 0 aromatic carbocycles. The molecule has 0 radical (unpaired) electrons. The SMILES string of the molecule is C/C=C/CCC(C)C(C)(C)C#N. The number of hydrogen-bond donors (Lipinski definition) is 0. The summed E-state index contributed by atoms with van der Waals surface area (Å²) in [6.07, 6.45) is 6.41. The molecular weight excluding hydrogens is 146 g/mol. The number of hydrogen-bond acceptors (Lipinski definition) is 1. The highest BCUT2D eigenvalue weighted by molar-refractivity contribution is 4.95. The molecule has 0 rings (SSSR count). The van der Waals surface area contributed by atoms with Gasteiger partial charge in [-0.25, -0.2) is 0 Å². The molecule has 0 N–H and O–H groups in total. The number of allylic oxidation sites excluding steroid dienone is 2. The van der Waals surface area contributed by atoms with E-state index in [1.807, 2.05) is 20.8 Å². The average molecular weight is 165 g/mol. The lowest BCUT2D eigenvalue weighted by Crippen LogP contribution is -2.18. The van der Waals surface area contributed by atoms with Gasteiger partial charge in [0.25, 0.3) is 0 Å². The highest BCUT2D eigenvalue weighted by Gasteiger charge is 2.24. The quantitative estimate of drug-likeness (QED) is 0.585. The van der Waals surface area contributed by atoms with E-state index in [1.54, 1.807) is 0 Å². The molecule has 1 heteroatoms.